The van der Waals surface area contributed by atoms with Crippen molar-refractivity contribution in [2.45, 2.75) is 6.42 Å². The number of aliphatic carboxylic acids is 1. The van der Waals surface area contributed by atoms with Gasteiger partial charge in [-0.3, -0.25) is 9.78 Å². The number of pyridine rings is 1. The predicted molar refractivity (Wildman–Crippen MR) is 86.8 cm³/mol. The highest BCUT2D eigenvalue weighted by molar-refractivity contribution is 5.81. The number of para-hydroxylation sites is 1. The summed E-state index contributed by atoms with van der Waals surface area (Å²) in [6.45, 7) is 0.279. The molecule has 0 amide bonds. The number of aromatic nitrogens is 1. The van der Waals surface area contributed by atoms with Crippen molar-refractivity contribution in [3.8, 4) is 0 Å². The fraction of sp³-hybridized carbons (Fsp3) is 0.333. The molecule has 0 aliphatic heterocycles. The number of carboxylic acids is 1. The van der Waals surface area contributed by atoms with Gasteiger partial charge in [-0.25, -0.2) is 0 Å². The number of allylic oxidation sites excluding steroid dienone is 1. The number of rotatable bonds is 7. The van der Waals surface area contributed by atoms with Crippen LogP contribution in [0, 0.1) is 11.3 Å². The van der Waals surface area contributed by atoms with Gasteiger partial charge >= 0.3 is 5.97 Å². The van der Waals surface area contributed by atoms with Gasteiger partial charge in [0.1, 0.15) is 6.79 Å². The molecule has 2 unspecified atom stereocenters. The molecule has 0 radical (unpaired) electrons. The zero-order valence-corrected chi connectivity index (χ0v) is 12.9. The SMILES string of the molecule is COCOCC1(C(=O)O)CC1/C=C/c1cnc2ccccc2c1. The Labute approximate surface area is 134 Å². The summed E-state index contributed by atoms with van der Waals surface area (Å²) in [5, 5.41) is 10.5. The van der Waals surface area contributed by atoms with Crippen LogP contribution in [0.15, 0.2) is 42.6 Å². The number of carbonyl (C=O) groups is 1. The van der Waals surface area contributed by atoms with Gasteiger partial charge in [0, 0.05) is 18.7 Å². The van der Waals surface area contributed by atoms with E-state index in [1.165, 1.54) is 7.11 Å². The van der Waals surface area contributed by atoms with Crippen LogP contribution in [0.3, 0.4) is 0 Å². The van der Waals surface area contributed by atoms with E-state index in [1.54, 1.807) is 6.20 Å². The number of hydrogen-bond acceptors (Lipinski definition) is 4. The van der Waals surface area contributed by atoms with E-state index in [9.17, 15) is 9.90 Å². The lowest BCUT2D eigenvalue weighted by molar-refractivity contribution is -0.148. The molecule has 1 aliphatic carbocycles. The minimum Gasteiger partial charge on any atom is -0.481 e. The van der Waals surface area contributed by atoms with Crippen molar-refractivity contribution in [1.29, 1.82) is 0 Å². The Balaban J connectivity index is 1.70. The molecule has 3 rings (SSSR count). The number of benzene rings is 1. The largest absolute Gasteiger partial charge is 0.481 e. The van der Waals surface area contributed by atoms with Crippen molar-refractivity contribution in [2.24, 2.45) is 11.3 Å². The zero-order valence-electron chi connectivity index (χ0n) is 12.9. The lowest BCUT2D eigenvalue weighted by Gasteiger charge is -2.11. The maximum Gasteiger partial charge on any atom is 0.312 e. The number of ether oxygens (including phenoxy) is 2. The summed E-state index contributed by atoms with van der Waals surface area (Å²) in [6, 6.07) is 9.95. The van der Waals surface area contributed by atoms with Crippen LogP contribution in [0.1, 0.15) is 12.0 Å². The van der Waals surface area contributed by atoms with Crippen molar-refractivity contribution >= 4 is 22.9 Å². The molecule has 2 atom stereocenters. The van der Waals surface area contributed by atoms with Gasteiger partial charge < -0.3 is 14.6 Å². The van der Waals surface area contributed by atoms with Gasteiger partial charge in [0.05, 0.1) is 17.5 Å². The monoisotopic (exact) mass is 313 g/mol. The van der Waals surface area contributed by atoms with E-state index in [0.717, 1.165) is 16.5 Å². The van der Waals surface area contributed by atoms with Gasteiger partial charge in [-0.2, -0.15) is 0 Å². The zero-order chi connectivity index (χ0) is 16.3. The average molecular weight is 313 g/mol. The van der Waals surface area contributed by atoms with Crippen LogP contribution in [0.5, 0.6) is 0 Å². The molecule has 1 fully saturated rings. The highest BCUT2D eigenvalue weighted by Crippen LogP contribution is 2.54. The number of fused-ring (bicyclic) bond motifs is 1. The van der Waals surface area contributed by atoms with Gasteiger partial charge in [0.25, 0.3) is 0 Å². The molecular weight excluding hydrogens is 294 g/mol. The van der Waals surface area contributed by atoms with Crippen LogP contribution in [0.2, 0.25) is 0 Å². The highest BCUT2D eigenvalue weighted by atomic mass is 16.7. The van der Waals surface area contributed by atoms with Crippen molar-refractivity contribution in [1.82, 2.24) is 4.98 Å². The number of carboxylic acid groups (broad SMARTS) is 1. The van der Waals surface area contributed by atoms with Crippen LogP contribution in [0.4, 0.5) is 0 Å². The Morgan fingerprint density at radius 3 is 3.09 bits per heavy atom. The average Bonchev–Trinajstić information content (AvgIpc) is 3.28. The van der Waals surface area contributed by atoms with E-state index < -0.39 is 11.4 Å². The maximum absolute atomic E-state index is 11.5. The molecule has 5 heteroatoms. The quantitative estimate of drug-likeness (QED) is 0.628. The smallest absolute Gasteiger partial charge is 0.312 e. The molecule has 5 nitrogen and oxygen atoms in total. The third kappa shape index (κ3) is 3.25. The van der Waals surface area contributed by atoms with E-state index in [-0.39, 0.29) is 19.3 Å². The normalized spacial score (nSPS) is 23.4. The molecule has 1 saturated carbocycles. The van der Waals surface area contributed by atoms with E-state index in [1.807, 2.05) is 42.5 Å². The molecule has 1 N–H and O–H groups in total. The van der Waals surface area contributed by atoms with Crippen LogP contribution in [-0.4, -0.2) is 36.6 Å². The minimum absolute atomic E-state index is 0.0247. The molecule has 1 aliphatic rings. The van der Waals surface area contributed by atoms with Gasteiger partial charge in [0.15, 0.2) is 0 Å². The Morgan fingerprint density at radius 1 is 1.48 bits per heavy atom. The van der Waals surface area contributed by atoms with Gasteiger partial charge in [-0.05, 0) is 30.0 Å². The summed E-state index contributed by atoms with van der Waals surface area (Å²) in [5.74, 6) is -0.844. The fourth-order valence-corrected chi connectivity index (χ4v) is 2.77. The van der Waals surface area contributed by atoms with Crippen molar-refractivity contribution < 1.29 is 19.4 Å². The first-order valence-corrected chi connectivity index (χ1v) is 7.49. The van der Waals surface area contributed by atoms with Crippen LogP contribution < -0.4 is 0 Å². The second-order valence-electron chi connectivity index (χ2n) is 5.85. The summed E-state index contributed by atoms with van der Waals surface area (Å²) < 4.78 is 10.1. The molecule has 1 aromatic carbocycles. The Kier molecular flexibility index (Phi) is 4.41. The number of methoxy groups -OCH3 is 1. The number of nitrogens with zero attached hydrogens (tertiary/aromatic N) is 1. The van der Waals surface area contributed by atoms with E-state index in [0.29, 0.717) is 6.42 Å². The number of hydrogen-bond donors (Lipinski definition) is 1. The van der Waals surface area contributed by atoms with Crippen LogP contribution >= 0.6 is 0 Å². The van der Waals surface area contributed by atoms with Crippen molar-refractivity contribution in [2.75, 3.05) is 20.5 Å². The predicted octanol–water partition coefficient (Wildman–Crippen LogP) is 2.96. The summed E-state index contributed by atoms with van der Waals surface area (Å²) in [5.41, 5.74) is 1.09. The van der Waals surface area contributed by atoms with Crippen LogP contribution in [0.25, 0.3) is 17.0 Å². The summed E-state index contributed by atoms with van der Waals surface area (Å²) >= 11 is 0. The lowest BCUT2D eigenvalue weighted by atomic mass is 10.0. The van der Waals surface area contributed by atoms with E-state index in [4.69, 9.17) is 9.47 Å². The molecule has 120 valence electrons. The topological polar surface area (TPSA) is 68.7 Å². The second-order valence-corrected chi connectivity index (χ2v) is 5.85. The maximum atomic E-state index is 11.5. The molecule has 23 heavy (non-hydrogen) atoms. The minimum atomic E-state index is -0.820. The first-order chi connectivity index (χ1) is 11.2. The van der Waals surface area contributed by atoms with Crippen molar-refractivity contribution in [3.05, 3.63) is 48.2 Å². The fourth-order valence-electron chi connectivity index (χ4n) is 2.77. The lowest BCUT2D eigenvalue weighted by Crippen LogP contribution is -2.24. The van der Waals surface area contributed by atoms with E-state index >= 15 is 0 Å². The highest BCUT2D eigenvalue weighted by Gasteiger charge is 2.59. The molecular formula is C18H19NO4. The second kappa shape index (κ2) is 6.48. The van der Waals surface area contributed by atoms with Gasteiger partial charge in [-0.15, -0.1) is 0 Å². The third-order valence-electron chi connectivity index (χ3n) is 4.25. The molecule has 1 aromatic heterocycles. The first-order valence-electron chi connectivity index (χ1n) is 7.49. The molecule has 1 heterocycles. The molecule has 0 spiro atoms. The van der Waals surface area contributed by atoms with Gasteiger partial charge in [-0.1, -0.05) is 30.4 Å². The molecule has 0 bridgehead atoms. The first kappa shape index (κ1) is 15.6. The summed E-state index contributed by atoms with van der Waals surface area (Å²) in [7, 11) is 1.52. The third-order valence-corrected chi connectivity index (χ3v) is 4.25. The Morgan fingerprint density at radius 2 is 2.30 bits per heavy atom. The van der Waals surface area contributed by atoms with E-state index in [2.05, 4.69) is 4.98 Å². The van der Waals surface area contributed by atoms with Crippen molar-refractivity contribution in [3.63, 3.8) is 0 Å². The molecule has 2 aromatic rings. The summed E-state index contributed by atoms with van der Waals surface area (Å²) in [6.07, 6.45) is 6.26. The Bertz CT molecular complexity index is 743. The standard InChI is InChI=1S/C18H19NO4/c1-22-12-23-11-18(17(20)21)9-15(18)7-6-13-8-14-4-2-3-5-16(14)19-10-13/h2-8,10,15H,9,11-12H2,1H3,(H,20,21)/b7-6+. The van der Waals surface area contributed by atoms with Gasteiger partial charge in [0.2, 0.25) is 0 Å². The Hall–Kier alpha value is -2.24. The molecule has 0 saturated heterocycles. The summed E-state index contributed by atoms with van der Waals surface area (Å²) in [4.78, 5) is 15.9. The van der Waals surface area contributed by atoms with Crippen LogP contribution in [-0.2, 0) is 14.3 Å².